The number of hydrogen-bond donors (Lipinski definition) is 2. The second kappa shape index (κ2) is 8.28. The van der Waals surface area contributed by atoms with E-state index < -0.39 is 16.3 Å². The van der Waals surface area contributed by atoms with Gasteiger partial charge in [0.15, 0.2) is 5.69 Å². The van der Waals surface area contributed by atoms with Crippen molar-refractivity contribution < 1.29 is 9.72 Å². The Bertz CT molecular complexity index is 926. The van der Waals surface area contributed by atoms with Gasteiger partial charge >= 0.3 is 0 Å². The molecule has 144 valence electrons. The lowest BCUT2D eigenvalue weighted by Gasteiger charge is -2.13. The Hall–Kier alpha value is -2.78. The maximum atomic E-state index is 12.4. The molecule has 1 unspecified atom stereocenters. The number of rotatable bonds is 6. The highest BCUT2D eigenvalue weighted by Crippen LogP contribution is 2.31. The predicted molar refractivity (Wildman–Crippen MR) is 102 cm³/mol. The van der Waals surface area contributed by atoms with E-state index in [4.69, 9.17) is 5.73 Å². The smallest absolute Gasteiger partial charge is 0.294 e. The number of benzene rings is 1. The maximum Gasteiger partial charge on any atom is 0.294 e. The first-order valence-electron chi connectivity index (χ1n) is 8.27. The van der Waals surface area contributed by atoms with Gasteiger partial charge in [0.1, 0.15) is 5.69 Å². The lowest BCUT2D eigenvalue weighted by atomic mass is 10.2. The van der Waals surface area contributed by atoms with Gasteiger partial charge in [-0.15, -0.1) is 12.4 Å². The van der Waals surface area contributed by atoms with Crippen molar-refractivity contribution in [2.45, 2.75) is 25.8 Å². The molecule has 0 saturated heterocycles. The molecule has 0 bridgehead atoms. The number of nitrogens with two attached hydrogens (primary N) is 1. The molecule has 10 heteroatoms. The minimum Gasteiger partial charge on any atom is -0.349 e. The number of nitro groups is 1. The summed E-state index contributed by atoms with van der Waals surface area (Å²) in [5, 5.41) is 17.9. The van der Waals surface area contributed by atoms with E-state index in [1.54, 1.807) is 13.0 Å². The van der Waals surface area contributed by atoms with Crippen LogP contribution in [-0.4, -0.2) is 33.2 Å². The van der Waals surface area contributed by atoms with E-state index in [0.717, 1.165) is 12.8 Å². The minimum atomic E-state index is -0.640. The molecule has 1 aliphatic carbocycles. The second-order valence-corrected chi connectivity index (χ2v) is 6.37. The Balaban J connectivity index is 0.00000261. The van der Waals surface area contributed by atoms with Gasteiger partial charge in [0.05, 0.1) is 4.92 Å². The molecule has 2 aromatic rings. The van der Waals surface area contributed by atoms with Gasteiger partial charge < -0.3 is 11.1 Å². The summed E-state index contributed by atoms with van der Waals surface area (Å²) in [4.78, 5) is 35.2. The van der Waals surface area contributed by atoms with Crippen LogP contribution in [0.4, 0.5) is 5.69 Å². The van der Waals surface area contributed by atoms with Gasteiger partial charge in [0.2, 0.25) is 5.43 Å². The number of nitrogens with zero attached hydrogens (tertiary/aromatic N) is 3. The number of hydrogen-bond acceptors (Lipinski definition) is 6. The number of nitro benzene ring substituents is 1. The van der Waals surface area contributed by atoms with Crippen molar-refractivity contribution in [3.8, 4) is 5.69 Å². The average molecular weight is 394 g/mol. The lowest BCUT2D eigenvalue weighted by molar-refractivity contribution is -0.384. The molecule has 0 spiro atoms. The largest absolute Gasteiger partial charge is 0.349 e. The first kappa shape index (κ1) is 20.5. The van der Waals surface area contributed by atoms with E-state index in [-0.39, 0.29) is 42.1 Å². The Morgan fingerprint density at radius 2 is 2.11 bits per heavy atom. The van der Waals surface area contributed by atoms with Crippen LogP contribution >= 0.6 is 12.4 Å². The molecule has 1 atom stereocenters. The maximum absolute atomic E-state index is 12.4. The number of halogens is 1. The second-order valence-electron chi connectivity index (χ2n) is 6.37. The van der Waals surface area contributed by atoms with E-state index in [1.165, 1.54) is 28.9 Å². The Kier molecular flexibility index (Phi) is 6.29. The van der Waals surface area contributed by atoms with Crippen LogP contribution in [0.25, 0.3) is 5.69 Å². The van der Waals surface area contributed by atoms with Crippen molar-refractivity contribution >= 4 is 24.0 Å². The van der Waals surface area contributed by atoms with Crippen LogP contribution in [0.1, 0.15) is 29.0 Å². The molecule has 1 aromatic carbocycles. The number of nitrogens with one attached hydrogen (secondary N) is 1. The van der Waals surface area contributed by atoms with Gasteiger partial charge in [-0.1, -0.05) is 12.1 Å². The standard InChI is InChI=1S/C17H19N5O4.ClH/c1-10-8-15(23)16(17(24)19-9-12(18)11-6-7-11)20-21(10)13-4-2-3-5-14(13)22(25)26;/h2-5,8,11-12H,6-7,9,18H2,1H3,(H,19,24);1H. The van der Waals surface area contributed by atoms with Crippen molar-refractivity contribution in [3.63, 3.8) is 0 Å². The molecule has 1 saturated carbocycles. The summed E-state index contributed by atoms with van der Waals surface area (Å²) in [5.41, 5.74) is 5.47. The van der Waals surface area contributed by atoms with Crippen LogP contribution in [0.15, 0.2) is 35.1 Å². The summed E-state index contributed by atoms with van der Waals surface area (Å²) in [6, 6.07) is 7.08. The van der Waals surface area contributed by atoms with Crippen molar-refractivity contribution in [1.29, 1.82) is 0 Å². The molecule has 0 aliphatic heterocycles. The topological polar surface area (TPSA) is 133 Å². The monoisotopic (exact) mass is 393 g/mol. The highest BCUT2D eigenvalue weighted by atomic mass is 35.5. The van der Waals surface area contributed by atoms with Crippen molar-refractivity contribution in [3.05, 3.63) is 62.1 Å². The quantitative estimate of drug-likeness (QED) is 0.562. The highest BCUT2D eigenvalue weighted by molar-refractivity contribution is 5.92. The highest BCUT2D eigenvalue weighted by Gasteiger charge is 2.29. The Labute approximate surface area is 161 Å². The number of carbonyl (C=O) groups is 1. The zero-order chi connectivity index (χ0) is 18.8. The van der Waals surface area contributed by atoms with Crippen LogP contribution < -0.4 is 16.5 Å². The molecule has 1 fully saturated rings. The van der Waals surface area contributed by atoms with Gasteiger partial charge in [-0.2, -0.15) is 5.10 Å². The fraction of sp³-hybridized carbons (Fsp3) is 0.353. The molecule has 1 aliphatic rings. The molecule has 1 amide bonds. The molecule has 27 heavy (non-hydrogen) atoms. The van der Waals surface area contributed by atoms with Crippen molar-refractivity contribution in [2.75, 3.05) is 6.54 Å². The van der Waals surface area contributed by atoms with Crippen molar-refractivity contribution in [2.24, 2.45) is 11.7 Å². The van der Waals surface area contributed by atoms with E-state index in [2.05, 4.69) is 10.4 Å². The summed E-state index contributed by atoms with van der Waals surface area (Å²) in [6.07, 6.45) is 2.09. The molecule has 1 heterocycles. The van der Waals surface area contributed by atoms with Gasteiger partial charge in [-0.3, -0.25) is 19.7 Å². The molecule has 1 aromatic heterocycles. The third-order valence-electron chi connectivity index (χ3n) is 4.35. The van der Waals surface area contributed by atoms with Crippen LogP contribution in [0, 0.1) is 23.0 Å². The van der Waals surface area contributed by atoms with Crippen LogP contribution in [0.2, 0.25) is 0 Å². The number of carbonyl (C=O) groups excluding carboxylic acids is 1. The van der Waals surface area contributed by atoms with E-state index in [1.807, 2.05) is 0 Å². The van der Waals surface area contributed by atoms with Crippen LogP contribution in [0.3, 0.4) is 0 Å². The van der Waals surface area contributed by atoms with E-state index in [9.17, 15) is 19.7 Å². The predicted octanol–water partition coefficient (Wildman–Crippen LogP) is 1.34. The molecule has 9 nitrogen and oxygen atoms in total. The number of amides is 1. The molecule has 3 N–H and O–H groups in total. The van der Waals surface area contributed by atoms with Crippen LogP contribution in [0.5, 0.6) is 0 Å². The summed E-state index contributed by atoms with van der Waals surface area (Å²) in [5.74, 6) is -0.233. The zero-order valence-corrected chi connectivity index (χ0v) is 15.4. The fourth-order valence-corrected chi connectivity index (χ4v) is 2.73. The van der Waals surface area contributed by atoms with Gasteiger partial charge in [-0.05, 0) is 31.7 Å². The summed E-state index contributed by atoms with van der Waals surface area (Å²) < 4.78 is 1.23. The molecular weight excluding hydrogens is 374 g/mol. The lowest BCUT2D eigenvalue weighted by Crippen LogP contribution is -2.40. The van der Waals surface area contributed by atoms with E-state index >= 15 is 0 Å². The number of aromatic nitrogens is 2. The van der Waals surface area contributed by atoms with Gasteiger partial charge in [-0.25, -0.2) is 4.68 Å². The Morgan fingerprint density at radius 1 is 1.44 bits per heavy atom. The first-order valence-corrected chi connectivity index (χ1v) is 8.27. The SMILES string of the molecule is Cc1cc(=O)c(C(=O)NCC(N)C2CC2)nn1-c1ccccc1[N+](=O)[O-].Cl. The number of aryl methyl sites for hydroxylation is 1. The normalized spacial score (nSPS) is 14.1. The van der Waals surface area contributed by atoms with Gasteiger partial charge in [0, 0.05) is 30.4 Å². The van der Waals surface area contributed by atoms with Crippen molar-refractivity contribution in [1.82, 2.24) is 15.1 Å². The van der Waals surface area contributed by atoms with Crippen LogP contribution in [-0.2, 0) is 0 Å². The third-order valence-corrected chi connectivity index (χ3v) is 4.35. The van der Waals surface area contributed by atoms with E-state index in [0.29, 0.717) is 11.6 Å². The number of para-hydroxylation sites is 2. The summed E-state index contributed by atoms with van der Waals surface area (Å²) >= 11 is 0. The zero-order valence-electron chi connectivity index (χ0n) is 14.6. The fourth-order valence-electron chi connectivity index (χ4n) is 2.73. The molecular formula is C17H20ClN5O4. The average Bonchev–Trinajstić information content (AvgIpc) is 3.44. The van der Waals surface area contributed by atoms with Gasteiger partial charge in [0.25, 0.3) is 11.6 Å². The summed E-state index contributed by atoms with van der Waals surface area (Å²) in [7, 11) is 0. The minimum absolute atomic E-state index is 0. The molecule has 0 radical (unpaired) electrons. The first-order chi connectivity index (χ1) is 12.4. The Morgan fingerprint density at radius 3 is 2.74 bits per heavy atom. The molecule has 3 rings (SSSR count). The third kappa shape index (κ3) is 4.50. The summed E-state index contributed by atoms with van der Waals surface area (Å²) in [6.45, 7) is 1.85.